The van der Waals surface area contributed by atoms with Crippen LogP contribution in [0.15, 0.2) is 48.5 Å². The first kappa shape index (κ1) is 23.3. The van der Waals surface area contributed by atoms with E-state index in [-0.39, 0.29) is 37.4 Å². The van der Waals surface area contributed by atoms with Gasteiger partial charge in [-0.1, -0.05) is 55.5 Å². The summed E-state index contributed by atoms with van der Waals surface area (Å²) >= 11 is 0. The molecule has 3 N–H and O–H groups in total. The zero-order chi connectivity index (χ0) is 23.1. The summed E-state index contributed by atoms with van der Waals surface area (Å²) in [5, 5.41) is 14.2. The summed E-state index contributed by atoms with van der Waals surface area (Å²) in [7, 11) is 0. The van der Waals surface area contributed by atoms with Gasteiger partial charge < -0.3 is 20.5 Å². The molecular formula is C25H30N2O5. The van der Waals surface area contributed by atoms with Crippen LogP contribution in [0, 0.1) is 5.92 Å². The Morgan fingerprint density at radius 3 is 2.19 bits per heavy atom. The molecule has 0 spiro atoms. The number of fused-ring (bicyclic) bond motifs is 3. The Labute approximate surface area is 188 Å². The number of hydrogen-bond acceptors (Lipinski definition) is 4. The monoisotopic (exact) mass is 438 g/mol. The molecule has 1 aliphatic rings. The Morgan fingerprint density at radius 1 is 1.00 bits per heavy atom. The van der Waals surface area contributed by atoms with Crippen LogP contribution < -0.4 is 10.6 Å². The third kappa shape index (κ3) is 5.87. The topological polar surface area (TPSA) is 105 Å². The van der Waals surface area contributed by atoms with Gasteiger partial charge in [0.15, 0.2) is 0 Å². The second kappa shape index (κ2) is 10.8. The quantitative estimate of drug-likeness (QED) is 0.521. The molecule has 2 aromatic carbocycles. The molecule has 3 rings (SSSR count). The highest BCUT2D eigenvalue weighted by Gasteiger charge is 2.29. The highest BCUT2D eigenvalue weighted by Crippen LogP contribution is 2.44. The molecule has 0 bridgehead atoms. The van der Waals surface area contributed by atoms with Gasteiger partial charge in [0, 0.05) is 24.9 Å². The third-order valence-corrected chi connectivity index (χ3v) is 5.76. The molecule has 0 fully saturated rings. The van der Waals surface area contributed by atoms with E-state index in [2.05, 4.69) is 34.9 Å². The summed E-state index contributed by atoms with van der Waals surface area (Å²) in [4.78, 5) is 35.1. The summed E-state index contributed by atoms with van der Waals surface area (Å²) < 4.78 is 5.49. The summed E-state index contributed by atoms with van der Waals surface area (Å²) in [5.41, 5.74) is 4.62. The van der Waals surface area contributed by atoms with E-state index in [1.54, 1.807) is 6.92 Å². The number of carboxylic acids is 1. The Bertz CT molecular complexity index is 929. The Hall–Kier alpha value is -3.35. The molecule has 0 saturated heterocycles. The van der Waals surface area contributed by atoms with Crippen molar-refractivity contribution in [3.63, 3.8) is 0 Å². The van der Waals surface area contributed by atoms with Crippen molar-refractivity contribution < 1.29 is 24.2 Å². The lowest BCUT2D eigenvalue weighted by Gasteiger charge is -2.18. The molecule has 0 saturated carbocycles. The molecule has 1 aliphatic carbocycles. The van der Waals surface area contributed by atoms with Crippen molar-refractivity contribution in [2.45, 2.75) is 45.1 Å². The molecule has 170 valence electrons. The summed E-state index contributed by atoms with van der Waals surface area (Å²) in [5.74, 6) is -1.48. The maximum Gasteiger partial charge on any atom is 0.407 e. The van der Waals surface area contributed by atoms with Crippen LogP contribution in [-0.4, -0.2) is 42.3 Å². The number of ether oxygens (including phenoxy) is 1. The maximum absolute atomic E-state index is 12.3. The van der Waals surface area contributed by atoms with E-state index in [0.29, 0.717) is 12.8 Å². The van der Waals surface area contributed by atoms with Gasteiger partial charge in [-0.2, -0.15) is 0 Å². The lowest BCUT2D eigenvalue weighted by Crippen LogP contribution is -2.41. The smallest absolute Gasteiger partial charge is 0.407 e. The van der Waals surface area contributed by atoms with Crippen LogP contribution >= 0.6 is 0 Å². The van der Waals surface area contributed by atoms with Gasteiger partial charge >= 0.3 is 12.1 Å². The maximum atomic E-state index is 12.3. The SMILES string of the molecule is CC(CCCC(=O)O)NC(=O)C(C)CNC(=O)OCC1c2ccccc2-c2ccccc21. The van der Waals surface area contributed by atoms with Crippen molar-refractivity contribution in [1.82, 2.24) is 10.6 Å². The van der Waals surface area contributed by atoms with Gasteiger partial charge in [0.1, 0.15) is 6.61 Å². The largest absolute Gasteiger partial charge is 0.481 e. The fourth-order valence-corrected chi connectivity index (χ4v) is 4.00. The van der Waals surface area contributed by atoms with Crippen LogP contribution in [0.1, 0.15) is 50.2 Å². The van der Waals surface area contributed by atoms with E-state index < -0.39 is 18.0 Å². The number of carbonyl (C=O) groups excluding carboxylic acids is 2. The molecule has 2 amide bonds. The predicted octanol–water partition coefficient (Wildman–Crippen LogP) is 3.92. The Balaban J connectivity index is 1.44. The molecule has 0 heterocycles. The van der Waals surface area contributed by atoms with Crippen LogP contribution in [0.2, 0.25) is 0 Å². The zero-order valence-corrected chi connectivity index (χ0v) is 18.5. The van der Waals surface area contributed by atoms with Gasteiger partial charge in [0.25, 0.3) is 0 Å². The molecular weight excluding hydrogens is 408 g/mol. The van der Waals surface area contributed by atoms with Gasteiger partial charge in [0.2, 0.25) is 5.91 Å². The van der Waals surface area contributed by atoms with Crippen molar-refractivity contribution in [3.05, 3.63) is 59.7 Å². The predicted molar refractivity (Wildman–Crippen MR) is 121 cm³/mol. The number of alkyl carbamates (subject to hydrolysis) is 1. The molecule has 2 unspecified atom stereocenters. The van der Waals surface area contributed by atoms with E-state index >= 15 is 0 Å². The van der Waals surface area contributed by atoms with Crippen LogP contribution in [0.3, 0.4) is 0 Å². The summed E-state index contributed by atoms with van der Waals surface area (Å²) in [6, 6.07) is 16.1. The van der Waals surface area contributed by atoms with Crippen molar-refractivity contribution in [2.75, 3.05) is 13.2 Å². The number of amides is 2. The fraction of sp³-hybridized carbons (Fsp3) is 0.400. The van der Waals surface area contributed by atoms with Crippen molar-refractivity contribution in [3.8, 4) is 11.1 Å². The zero-order valence-electron chi connectivity index (χ0n) is 18.5. The Morgan fingerprint density at radius 2 is 1.59 bits per heavy atom. The summed E-state index contributed by atoms with van der Waals surface area (Å²) in [6.45, 7) is 3.94. The fourth-order valence-electron chi connectivity index (χ4n) is 4.00. The van der Waals surface area contributed by atoms with Crippen molar-refractivity contribution in [1.29, 1.82) is 0 Å². The molecule has 2 aromatic rings. The van der Waals surface area contributed by atoms with E-state index in [1.165, 1.54) is 11.1 Å². The van der Waals surface area contributed by atoms with E-state index in [1.807, 2.05) is 31.2 Å². The first-order valence-corrected chi connectivity index (χ1v) is 11.0. The minimum absolute atomic E-state index is 0.0134. The average molecular weight is 439 g/mol. The number of carbonyl (C=O) groups is 3. The van der Waals surface area contributed by atoms with Crippen molar-refractivity contribution in [2.24, 2.45) is 5.92 Å². The average Bonchev–Trinajstić information content (AvgIpc) is 3.09. The molecule has 7 nitrogen and oxygen atoms in total. The molecule has 7 heteroatoms. The highest BCUT2D eigenvalue weighted by molar-refractivity contribution is 5.80. The van der Waals surface area contributed by atoms with E-state index in [4.69, 9.17) is 9.84 Å². The number of carboxylic acid groups (broad SMARTS) is 1. The van der Waals surface area contributed by atoms with Crippen LogP contribution in [0.4, 0.5) is 4.79 Å². The van der Waals surface area contributed by atoms with Gasteiger partial charge in [-0.25, -0.2) is 4.79 Å². The lowest BCUT2D eigenvalue weighted by molar-refractivity contribution is -0.137. The molecule has 2 atom stereocenters. The highest BCUT2D eigenvalue weighted by atomic mass is 16.5. The normalized spacial score (nSPS) is 14.1. The number of hydrogen-bond donors (Lipinski definition) is 3. The Kier molecular flexibility index (Phi) is 7.87. The molecule has 0 aromatic heterocycles. The first-order chi connectivity index (χ1) is 15.4. The summed E-state index contributed by atoms with van der Waals surface area (Å²) in [6.07, 6.45) is 0.619. The van der Waals surface area contributed by atoms with Crippen LogP contribution in [-0.2, 0) is 14.3 Å². The second-order valence-electron chi connectivity index (χ2n) is 8.30. The van der Waals surface area contributed by atoms with E-state index in [0.717, 1.165) is 11.1 Å². The number of rotatable bonds is 10. The second-order valence-corrected chi connectivity index (χ2v) is 8.30. The molecule has 32 heavy (non-hydrogen) atoms. The number of aliphatic carboxylic acids is 1. The first-order valence-electron chi connectivity index (χ1n) is 11.0. The van der Waals surface area contributed by atoms with Crippen LogP contribution in [0.25, 0.3) is 11.1 Å². The molecule has 0 radical (unpaired) electrons. The van der Waals surface area contributed by atoms with Gasteiger partial charge in [-0.3, -0.25) is 9.59 Å². The minimum atomic E-state index is -0.843. The third-order valence-electron chi connectivity index (χ3n) is 5.76. The lowest BCUT2D eigenvalue weighted by atomic mass is 9.98. The van der Waals surface area contributed by atoms with Gasteiger partial charge in [-0.15, -0.1) is 0 Å². The number of nitrogens with one attached hydrogen (secondary N) is 2. The molecule has 0 aliphatic heterocycles. The van der Waals surface area contributed by atoms with Crippen LogP contribution in [0.5, 0.6) is 0 Å². The minimum Gasteiger partial charge on any atom is -0.481 e. The van der Waals surface area contributed by atoms with E-state index in [9.17, 15) is 14.4 Å². The standard InChI is InChI=1S/C25H30N2O5/c1-16(24(30)27-17(2)8-7-13-23(28)29)14-26-25(31)32-15-22-20-11-5-3-9-18(20)19-10-4-6-12-21(19)22/h3-6,9-12,16-17,22H,7-8,13-15H2,1-2H3,(H,26,31)(H,27,30)(H,28,29). The number of benzene rings is 2. The van der Waals surface area contributed by atoms with Gasteiger partial charge in [0.05, 0.1) is 5.92 Å². The van der Waals surface area contributed by atoms with Gasteiger partial charge in [-0.05, 0) is 42.0 Å². The van der Waals surface area contributed by atoms with Crippen molar-refractivity contribution >= 4 is 18.0 Å².